The number of aliphatic carboxylic acids is 1. The first-order valence-electron chi connectivity index (χ1n) is 6.18. The first-order valence-corrected chi connectivity index (χ1v) is 6.18. The number of rotatable bonds is 5. The van der Waals surface area contributed by atoms with Gasteiger partial charge >= 0.3 is 5.97 Å². The number of benzene rings is 1. The van der Waals surface area contributed by atoms with Gasteiger partial charge in [0, 0.05) is 5.41 Å². The predicted octanol–water partition coefficient (Wildman–Crippen LogP) is 3.33. The Bertz CT molecular complexity index is 478. The largest absolute Gasteiger partial charge is 0.481 e. The van der Waals surface area contributed by atoms with Crippen LogP contribution in [0.5, 0.6) is 0 Å². The number of carbonyl (C=O) groups is 1. The van der Waals surface area contributed by atoms with Gasteiger partial charge in [-0.05, 0) is 30.4 Å². The molecule has 0 radical (unpaired) electrons. The van der Waals surface area contributed by atoms with Crippen molar-refractivity contribution in [2.75, 3.05) is 0 Å². The molecule has 0 aliphatic heterocycles. The molecule has 18 heavy (non-hydrogen) atoms. The smallest absolute Gasteiger partial charge is 0.307 e. The highest BCUT2D eigenvalue weighted by Crippen LogP contribution is 2.48. The Labute approximate surface area is 108 Å². The minimum Gasteiger partial charge on any atom is -0.481 e. The van der Waals surface area contributed by atoms with Gasteiger partial charge in [-0.25, -0.2) is 0 Å². The fraction of sp³-hybridized carbons (Fsp3) is 0.312. The maximum atomic E-state index is 11.6. The molecule has 1 aromatic rings. The fourth-order valence-electron chi connectivity index (χ4n) is 3.21. The van der Waals surface area contributed by atoms with E-state index in [0.717, 1.165) is 11.1 Å². The number of allylic oxidation sites excluding steroid dienone is 2. The van der Waals surface area contributed by atoms with Gasteiger partial charge in [0.25, 0.3) is 0 Å². The molecule has 1 N–H and O–H groups in total. The molecule has 0 saturated heterocycles. The maximum absolute atomic E-state index is 11.6. The van der Waals surface area contributed by atoms with E-state index < -0.39 is 5.97 Å². The number of carboxylic acids is 1. The average Bonchev–Trinajstić information content (AvgIpc) is 2.66. The molecule has 1 unspecified atom stereocenters. The van der Waals surface area contributed by atoms with E-state index in [1.807, 2.05) is 36.4 Å². The lowest BCUT2D eigenvalue weighted by Crippen LogP contribution is -2.36. The van der Waals surface area contributed by atoms with Crippen molar-refractivity contribution in [3.8, 4) is 0 Å². The molecule has 0 heterocycles. The quantitative estimate of drug-likeness (QED) is 0.804. The van der Waals surface area contributed by atoms with Crippen LogP contribution in [0.2, 0.25) is 0 Å². The summed E-state index contributed by atoms with van der Waals surface area (Å²) in [6, 6.07) is 8.02. The summed E-state index contributed by atoms with van der Waals surface area (Å²) >= 11 is 0. The van der Waals surface area contributed by atoms with E-state index in [1.54, 1.807) is 0 Å². The van der Waals surface area contributed by atoms with Gasteiger partial charge in [-0.3, -0.25) is 4.79 Å². The Morgan fingerprint density at radius 3 is 2.50 bits per heavy atom. The third kappa shape index (κ3) is 1.78. The maximum Gasteiger partial charge on any atom is 0.307 e. The Balaban J connectivity index is 2.58. The SMILES string of the molecule is C=CCC1(CC=C)c2ccccc2CC1C(=O)O. The van der Waals surface area contributed by atoms with Crippen LogP contribution < -0.4 is 0 Å². The van der Waals surface area contributed by atoms with Crippen molar-refractivity contribution < 1.29 is 9.90 Å². The molecule has 0 bridgehead atoms. The van der Waals surface area contributed by atoms with E-state index in [-0.39, 0.29) is 11.3 Å². The zero-order valence-corrected chi connectivity index (χ0v) is 10.4. The highest BCUT2D eigenvalue weighted by molar-refractivity contribution is 5.75. The highest BCUT2D eigenvalue weighted by atomic mass is 16.4. The number of hydrogen-bond donors (Lipinski definition) is 1. The van der Waals surface area contributed by atoms with Crippen LogP contribution in [-0.2, 0) is 16.6 Å². The molecule has 1 aliphatic rings. The van der Waals surface area contributed by atoms with Gasteiger partial charge in [0.15, 0.2) is 0 Å². The summed E-state index contributed by atoms with van der Waals surface area (Å²) in [4.78, 5) is 11.6. The summed E-state index contributed by atoms with van der Waals surface area (Å²) < 4.78 is 0. The van der Waals surface area contributed by atoms with E-state index in [2.05, 4.69) is 13.2 Å². The fourth-order valence-corrected chi connectivity index (χ4v) is 3.21. The first kappa shape index (κ1) is 12.6. The zero-order valence-electron chi connectivity index (χ0n) is 10.4. The van der Waals surface area contributed by atoms with Crippen LogP contribution in [0.15, 0.2) is 49.6 Å². The highest BCUT2D eigenvalue weighted by Gasteiger charge is 2.48. The van der Waals surface area contributed by atoms with Crippen LogP contribution in [0.3, 0.4) is 0 Å². The molecule has 2 heteroatoms. The summed E-state index contributed by atoms with van der Waals surface area (Å²) in [7, 11) is 0. The molecule has 1 atom stereocenters. The third-order valence-corrected chi connectivity index (χ3v) is 3.96. The van der Waals surface area contributed by atoms with Crippen molar-refractivity contribution in [3.05, 3.63) is 60.7 Å². The minimum absolute atomic E-state index is 0.369. The third-order valence-electron chi connectivity index (χ3n) is 3.96. The molecule has 94 valence electrons. The Kier molecular flexibility index (Phi) is 3.37. The average molecular weight is 242 g/mol. The van der Waals surface area contributed by atoms with Crippen LogP contribution in [0.1, 0.15) is 24.0 Å². The van der Waals surface area contributed by atoms with Crippen LogP contribution >= 0.6 is 0 Å². The molecule has 1 aromatic carbocycles. The van der Waals surface area contributed by atoms with Gasteiger partial charge in [0.1, 0.15) is 0 Å². The van der Waals surface area contributed by atoms with Crippen molar-refractivity contribution in [2.24, 2.45) is 5.92 Å². The molecule has 0 aromatic heterocycles. The second-order valence-corrected chi connectivity index (χ2v) is 4.89. The van der Waals surface area contributed by atoms with Crippen molar-refractivity contribution >= 4 is 5.97 Å². The van der Waals surface area contributed by atoms with Gasteiger partial charge < -0.3 is 5.11 Å². The lowest BCUT2D eigenvalue weighted by Gasteiger charge is -2.32. The molecule has 0 amide bonds. The second kappa shape index (κ2) is 4.81. The normalized spacial score (nSPS) is 20.1. The summed E-state index contributed by atoms with van der Waals surface area (Å²) in [5.74, 6) is -1.11. The molecular formula is C16H18O2. The molecule has 0 spiro atoms. The Hall–Kier alpha value is -1.83. The van der Waals surface area contributed by atoms with Gasteiger partial charge in [-0.15, -0.1) is 13.2 Å². The van der Waals surface area contributed by atoms with Gasteiger partial charge in [0.05, 0.1) is 5.92 Å². The van der Waals surface area contributed by atoms with Crippen LogP contribution in [-0.4, -0.2) is 11.1 Å². The van der Waals surface area contributed by atoms with E-state index in [1.165, 1.54) is 0 Å². The Morgan fingerprint density at radius 1 is 1.33 bits per heavy atom. The molecule has 2 rings (SSSR count). The zero-order chi connectivity index (χ0) is 13.2. The number of carboxylic acid groups (broad SMARTS) is 1. The van der Waals surface area contributed by atoms with Gasteiger partial charge in [0.2, 0.25) is 0 Å². The van der Waals surface area contributed by atoms with Crippen molar-refractivity contribution in [1.82, 2.24) is 0 Å². The Morgan fingerprint density at radius 2 is 1.94 bits per heavy atom. The van der Waals surface area contributed by atoms with Crippen molar-refractivity contribution in [1.29, 1.82) is 0 Å². The first-order chi connectivity index (χ1) is 8.65. The molecule has 0 fully saturated rings. The van der Waals surface area contributed by atoms with Crippen molar-refractivity contribution in [2.45, 2.75) is 24.7 Å². The number of fused-ring (bicyclic) bond motifs is 1. The molecule has 2 nitrogen and oxygen atoms in total. The van der Waals surface area contributed by atoms with Gasteiger partial charge in [-0.1, -0.05) is 36.4 Å². The molecule has 0 saturated carbocycles. The topological polar surface area (TPSA) is 37.3 Å². The molecular weight excluding hydrogens is 224 g/mol. The van der Waals surface area contributed by atoms with E-state index in [4.69, 9.17) is 0 Å². The second-order valence-electron chi connectivity index (χ2n) is 4.89. The predicted molar refractivity (Wildman–Crippen MR) is 72.6 cm³/mol. The van der Waals surface area contributed by atoms with Crippen LogP contribution in [0.25, 0.3) is 0 Å². The van der Waals surface area contributed by atoms with E-state index >= 15 is 0 Å². The van der Waals surface area contributed by atoms with E-state index in [0.29, 0.717) is 19.3 Å². The van der Waals surface area contributed by atoms with Crippen LogP contribution in [0, 0.1) is 5.92 Å². The van der Waals surface area contributed by atoms with Crippen LogP contribution in [0.4, 0.5) is 0 Å². The lowest BCUT2D eigenvalue weighted by molar-refractivity contribution is -0.143. The van der Waals surface area contributed by atoms with E-state index in [9.17, 15) is 9.90 Å². The molecule has 1 aliphatic carbocycles. The summed E-state index contributed by atoms with van der Waals surface area (Å²) in [6.07, 6.45) is 5.59. The summed E-state index contributed by atoms with van der Waals surface area (Å²) in [6.45, 7) is 7.58. The van der Waals surface area contributed by atoms with Crippen molar-refractivity contribution in [3.63, 3.8) is 0 Å². The number of hydrogen-bond acceptors (Lipinski definition) is 1. The lowest BCUT2D eigenvalue weighted by atomic mass is 9.70. The minimum atomic E-state index is -0.727. The van der Waals surface area contributed by atoms with Gasteiger partial charge in [-0.2, -0.15) is 0 Å². The summed E-state index contributed by atoms with van der Waals surface area (Å²) in [5, 5.41) is 9.51. The summed E-state index contributed by atoms with van der Waals surface area (Å²) in [5.41, 5.74) is 1.93. The monoisotopic (exact) mass is 242 g/mol. The standard InChI is InChI=1S/C16H18O2/c1-3-9-16(10-4-2)13-8-6-5-7-12(13)11-14(16)15(17)18/h3-8,14H,1-2,9-11H2,(H,17,18).